The zero-order chi connectivity index (χ0) is 14.4. The summed E-state index contributed by atoms with van der Waals surface area (Å²) in [7, 11) is 2.73. The van der Waals surface area contributed by atoms with Crippen LogP contribution in [-0.2, 0) is 19.1 Å². The summed E-state index contributed by atoms with van der Waals surface area (Å²) in [5.41, 5.74) is 0.567. The molecule has 1 unspecified atom stereocenters. The van der Waals surface area contributed by atoms with E-state index in [9.17, 15) is 9.59 Å². The smallest absolute Gasteiger partial charge is 0.337 e. The van der Waals surface area contributed by atoms with Crippen LogP contribution < -0.4 is 4.74 Å². The molecule has 0 aliphatic rings. The van der Waals surface area contributed by atoms with Crippen molar-refractivity contribution in [3.63, 3.8) is 0 Å². The van der Waals surface area contributed by atoms with Crippen LogP contribution >= 0.6 is 0 Å². The van der Waals surface area contributed by atoms with E-state index in [1.54, 1.807) is 24.3 Å². The third-order valence-electron chi connectivity index (χ3n) is 2.47. The fourth-order valence-corrected chi connectivity index (χ4v) is 1.61. The van der Waals surface area contributed by atoms with Crippen LogP contribution in [0.3, 0.4) is 0 Å². The van der Waals surface area contributed by atoms with Crippen LogP contribution in [0, 0.1) is 0 Å². The van der Waals surface area contributed by atoms with E-state index in [-0.39, 0.29) is 5.57 Å². The van der Waals surface area contributed by atoms with Gasteiger partial charge in [0.05, 0.1) is 19.8 Å². The summed E-state index contributed by atoms with van der Waals surface area (Å²) in [6, 6.07) is 6.92. The third-order valence-corrected chi connectivity index (χ3v) is 2.47. The maximum Gasteiger partial charge on any atom is 0.337 e. The van der Waals surface area contributed by atoms with Gasteiger partial charge in [0.1, 0.15) is 5.75 Å². The Hall–Kier alpha value is -2.30. The molecule has 0 aromatic heterocycles. The Labute approximate surface area is 111 Å². The molecule has 1 aromatic carbocycles. The molecular formula is C14H16O5. The number of esters is 2. The van der Waals surface area contributed by atoms with Gasteiger partial charge in [-0.1, -0.05) is 24.8 Å². The summed E-state index contributed by atoms with van der Waals surface area (Å²) in [6.45, 7) is 4.88. The van der Waals surface area contributed by atoms with Gasteiger partial charge in [0.15, 0.2) is 6.10 Å². The lowest BCUT2D eigenvalue weighted by molar-refractivity contribution is -0.147. The highest BCUT2D eigenvalue weighted by Crippen LogP contribution is 2.32. The Balaban J connectivity index is 3.19. The van der Waals surface area contributed by atoms with Crippen LogP contribution in [0.2, 0.25) is 0 Å². The van der Waals surface area contributed by atoms with Crippen LogP contribution in [0.25, 0.3) is 0 Å². The van der Waals surface area contributed by atoms with Gasteiger partial charge in [-0.05, 0) is 6.07 Å². The first-order chi connectivity index (χ1) is 9.01. The van der Waals surface area contributed by atoms with Gasteiger partial charge in [-0.2, -0.15) is 0 Å². The van der Waals surface area contributed by atoms with Gasteiger partial charge >= 0.3 is 11.9 Å². The van der Waals surface area contributed by atoms with Crippen LogP contribution in [0.1, 0.15) is 18.6 Å². The van der Waals surface area contributed by atoms with Crippen molar-refractivity contribution in [2.75, 3.05) is 14.2 Å². The molecule has 0 fully saturated rings. The highest BCUT2D eigenvalue weighted by atomic mass is 16.6. The minimum Gasteiger partial charge on any atom is -0.496 e. The van der Waals surface area contributed by atoms with E-state index in [0.29, 0.717) is 11.3 Å². The molecule has 0 aliphatic carbocycles. The predicted molar refractivity (Wildman–Crippen MR) is 68.7 cm³/mol. The van der Waals surface area contributed by atoms with Gasteiger partial charge in [-0.25, -0.2) is 4.79 Å². The minimum absolute atomic E-state index is 0.0298. The fraction of sp³-hybridized carbons (Fsp3) is 0.286. The van der Waals surface area contributed by atoms with Crippen molar-refractivity contribution in [2.45, 2.75) is 13.0 Å². The molecule has 19 heavy (non-hydrogen) atoms. The predicted octanol–water partition coefficient (Wildman–Crippen LogP) is 2.03. The van der Waals surface area contributed by atoms with Gasteiger partial charge in [0.25, 0.3) is 0 Å². The van der Waals surface area contributed by atoms with Crippen molar-refractivity contribution in [2.24, 2.45) is 0 Å². The quantitative estimate of drug-likeness (QED) is 0.601. The van der Waals surface area contributed by atoms with E-state index in [4.69, 9.17) is 9.47 Å². The lowest BCUT2D eigenvalue weighted by Crippen LogP contribution is -2.18. The molecule has 0 radical (unpaired) electrons. The first-order valence-electron chi connectivity index (χ1n) is 5.58. The van der Waals surface area contributed by atoms with E-state index in [2.05, 4.69) is 11.3 Å². The van der Waals surface area contributed by atoms with Crippen LogP contribution in [0.15, 0.2) is 36.4 Å². The van der Waals surface area contributed by atoms with Crippen molar-refractivity contribution >= 4 is 11.9 Å². The van der Waals surface area contributed by atoms with Gasteiger partial charge in [0, 0.05) is 12.5 Å². The summed E-state index contributed by atoms with van der Waals surface area (Å²) in [5, 5.41) is 0. The van der Waals surface area contributed by atoms with Crippen molar-refractivity contribution in [3.8, 4) is 5.75 Å². The normalized spacial score (nSPS) is 11.3. The average Bonchev–Trinajstić information content (AvgIpc) is 2.42. The molecule has 5 heteroatoms. The molecule has 0 saturated carbocycles. The third kappa shape index (κ3) is 3.58. The average molecular weight is 264 g/mol. The van der Waals surface area contributed by atoms with E-state index < -0.39 is 18.0 Å². The number of hydrogen-bond acceptors (Lipinski definition) is 5. The Morgan fingerprint density at radius 2 is 1.84 bits per heavy atom. The van der Waals surface area contributed by atoms with Crippen molar-refractivity contribution in [1.82, 2.24) is 0 Å². The van der Waals surface area contributed by atoms with E-state index >= 15 is 0 Å². The van der Waals surface area contributed by atoms with Crippen LogP contribution in [0.4, 0.5) is 0 Å². The second-order valence-corrected chi connectivity index (χ2v) is 3.75. The number of para-hydroxylation sites is 1. The lowest BCUT2D eigenvalue weighted by Gasteiger charge is -2.20. The van der Waals surface area contributed by atoms with Crippen molar-refractivity contribution in [1.29, 1.82) is 0 Å². The molecule has 0 spiro atoms. The van der Waals surface area contributed by atoms with Gasteiger partial charge in [-0.15, -0.1) is 0 Å². The molecule has 5 nitrogen and oxygen atoms in total. The number of carbonyl (C=O) groups is 2. The largest absolute Gasteiger partial charge is 0.496 e. The number of carbonyl (C=O) groups excluding carboxylic acids is 2. The molecule has 0 bridgehead atoms. The molecule has 1 rings (SSSR count). The molecule has 0 aliphatic heterocycles. The molecule has 0 N–H and O–H groups in total. The standard InChI is InChI=1S/C14H16O5/c1-9(14(16)18-4)13(19-10(2)15)11-7-5-6-8-12(11)17-3/h5-8,13H,1H2,2-4H3. The number of methoxy groups -OCH3 is 2. The SMILES string of the molecule is C=C(C(=O)OC)C(OC(C)=O)c1ccccc1OC. The first-order valence-corrected chi connectivity index (χ1v) is 5.58. The molecule has 0 saturated heterocycles. The summed E-state index contributed by atoms with van der Waals surface area (Å²) >= 11 is 0. The molecule has 0 heterocycles. The molecule has 0 amide bonds. The molecule has 1 aromatic rings. The Morgan fingerprint density at radius 1 is 1.21 bits per heavy atom. The monoisotopic (exact) mass is 264 g/mol. The zero-order valence-electron chi connectivity index (χ0n) is 11.1. The highest BCUT2D eigenvalue weighted by Gasteiger charge is 2.27. The molecule has 1 atom stereocenters. The van der Waals surface area contributed by atoms with Gasteiger partial charge in [0.2, 0.25) is 0 Å². The summed E-state index contributed by atoms with van der Waals surface area (Å²) in [4.78, 5) is 22.7. The van der Waals surface area contributed by atoms with Gasteiger partial charge < -0.3 is 14.2 Å². The van der Waals surface area contributed by atoms with Crippen molar-refractivity contribution in [3.05, 3.63) is 42.0 Å². The van der Waals surface area contributed by atoms with Gasteiger partial charge in [-0.3, -0.25) is 4.79 Å². The van der Waals surface area contributed by atoms with Crippen molar-refractivity contribution < 1.29 is 23.8 Å². The summed E-state index contributed by atoms with van der Waals surface area (Å²) in [5.74, 6) is -0.670. The Kier molecular flexibility index (Phi) is 5.11. The van der Waals surface area contributed by atoms with E-state index in [1.165, 1.54) is 21.1 Å². The summed E-state index contributed by atoms with van der Waals surface area (Å²) in [6.07, 6.45) is -0.930. The number of hydrogen-bond donors (Lipinski definition) is 0. The highest BCUT2D eigenvalue weighted by molar-refractivity contribution is 5.89. The number of ether oxygens (including phenoxy) is 3. The van der Waals surface area contributed by atoms with Crippen LogP contribution in [0.5, 0.6) is 5.75 Å². The minimum atomic E-state index is -0.930. The lowest BCUT2D eigenvalue weighted by atomic mass is 10.0. The second kappa shape index (κ2) is 6.58. The number of rotatable bonds is 5. The Morgan fingerprint density at radius 3 is 2.37 bits per heavy atom. The van der Waals surface area contributed by atoms with E-state index in [0.717, 1.165) is 0 Å². The second-order valence-electron chi connectivity index (χ2n) is 3.75. The fourth-order valence-electron chi connectivity index (χ4n) is 1.61. The Bertz CT molecular complexity index is 492. The zero-order valence-corrected chi connectivity index (χ0v) is 11.1. The maximum atomic E-state index is 11.6. The van der Waals surface area contributed by atoms with E-state index in [1.807, 2.05) is 0 Å². The first kappa shape index (κ1) is 14.8. The topological polar surface area (TPSA) is 61.8 Å². The molecular weight excluding hydrogens is 248 g/mol. The maximum absolute atomic E-state index is 11.6. The number of benzene rings is 1. The molecule has 102 valence electrons. The van der Waals surface area contributed by atoms with Crippen LogP contribution in [-0.4, -0.2) is 26.2 Å². The summed E-state index contributed by atoms with van der Waals surface area (Å²) < 4.78 is 14.9.